The van der Waals surface area contributed by atoms with Crippen LogP contribution in [0.1, 0.15) is 12.0 Å². The Bertz CT molecular complexity index is 463. The van der Waals surface area contributed by atoms with Gasteiger partial charge in [0.05, 0.1) is 24.5 Å². The lowest BCUT2D eigenvalue weighted by Crippen LogP contribution is -1.96. The zero-order valence-corrected chi connectivity index (χ0v) is 8.58. The van der Waals surface area contributed by atoms with Crippen molar-refractivity contribution in [3.63, 3.8) is 0 Å². The third-order valence-corrected chi connectivity index (χ3v) is 1.76. The van der Waals surface area contributed by atoms with Crippen LogP contribution in [-0.2, 0) is 0 Å². The highest BCUT2D eigenvalue weighted by atomic mass is 16.6. The first-order valence-corrected chi connectivity index (χ1v) is 4.41. The first-order valence-electron chi connectivity index (χ1n) is 4.41. The quantitative estimate of drug-likeness (QED) is 0.570. The van der Waals surface area contributed by atoms with Crippen molar-refractivity contribution >= 4 is 11.8 Å². The maximum Gasteiger partial charge on any atom is 0.331 e. The average Bonchev–Trinajstić information content (AvgIpc) is 2.29. The van der Waals surface area contributed by atoms with Crippen LogP contribution in [0.15, 0.2) is 18.3 Å². The van der Waals surface area contributed by atoms with Gasteiger partial charge in [-0.1, -0.05) is 12.2 Å². The van der Waals surface area contributed by atoms with E-state index < -0.39 is 4.92 Å². The van der Waals surface area contributed by atoms with Crippen molar-refractivity contribution in [2.24, 2.45) is 0 Å². The van der Waals surface area contributed by atoms with Crippen molar-refractivity contribution in [3.05, 3.63) is 34.0 Å². The minimum atomic E-state index is -0.562. The van der Waals surface area contributed by atoms with Crippen LogP contribution in [0.5, 0.6) is 5.88 Å². The van der Waals surface area contributed by atoms with Gasteiger partial charge in [-0.3, -0.25) is 10.1 Å². The molecule has 6 nitrogen and oxygen atoms in total. The van der Waals surface area contributed by atoms with Crippen LogP contribution in [0.2, 0.25) is 0 Å². The molecule has 0 atom stereocenters. The molecule has 0 saturated carbocycles. The highest BCUT2D eigenvalue weighted by Gasteiger charge is 2.15. The van der Waals surface area contributed by atoms with Crippen LogP contribution in [0.4, 0.5) is 5.69 Å². The molecule has 0 amide bonds. The summed E-state index contributed by atoms with van der Waals surface area (Å²) in [5, 5.41) is 19.0. The van der Waals surface area contributed by atoms with E-state index in [1.807, 2.05) is 6.07 Å². The van der Waals surface area contributed by atoms with Gasteiger partial charge in [0.15, 0.2) is 0 Å². The van der Waals surface area contributed by atoms with Crippen molar-refractivity contribution in [1.29, 1.82) is 5.26 Å². The van der Waals surface area contributed by atoms with Crippen molar-refractivity contribution < 1.29 is 9.66 Å². The fraction of sp³-hybridized carbons (Fsp3) is 0.200. The maximum absolute atomic E-state index is 10.7. The van der Waals surface area contributed by atoms with Crippen LogP contribution in [-0.4, -0.2) is 17.0 Å². The molecule has 0 unspecified atom stereocenters. The van der Waals surface area contributed by atoms with E-state index in [0.29, 0.717) is 5.56 Å². The number of rotatable bonds is 4. The molecule has 0 aliphatic carbocycles. The Balaban J connectivity index is 3.03. The molecular weight excluding hydrogens is 210 g/mol. The minimum absolute atomic E-state index is 0.0255. The molecule has 1 aromatic heterocycles. The van der Waals surface area contributed by atoms with Crippen LogP contribution in [0.25, 0.3) is 6.08 Å². The predicted octanol–water partition coefficient (Wildman–Crippen LogP) is 1.93. The molecule has 0 spiro atoms. The highest BCUT2D eigenvalue weighted by Crippen LogP contribution is 2.24. The number of pyridine rings is 1. The molecule has 6 heteroatoms. The lowest BCUT2D eigenvalue weighted by molar-refractivity contribution is -0.386. The van der Waals surface area contributed by atoms with Crippen LogP contribution in [0.3, 0.4) is 0 Å². The van der Waals surface area contributed by atoms with E-state index in [1.165, 1.54) is 19.4 Å². The van der Waals surface area contributed by atoms with E-state index in [1.54, 1.807) is 12.2 Å². The third kappa shape index (κ3) is 2.78. The van der Waals surface area contributed by atoms with Gasteiger partial charge in [-0.2, -0.15) is 5.26 Å². The predicted molar refractivity (Wildman–Crippen MR) is 56.7 cm³/mol. The number of allylic oxidation sites excluding steroid dienone is 1. The van der Waals surface area contributed by atoms with E-state index >= 15 is 0 Å². The molecule has 0 aliphatic rings. The van der Waals surface area contributed by atoms with Crippen molar-refractivity contribution in [2.45, 2.75) is 6.42 Å². The van der Waals surface area contributed by atoms with Crippen LogP contribution >= 0.6 is 0 Å². The fourth-order valence-electron chi connectivity index (χ4n) is 1.08. The summed E-state index contributed by atoms with van der Waals surface area (Å²) in [6.45, 7) is 0. The average molecular weight is 219 g/mol. The number of hydrogen-bond donors (Lipinski definition) is 0. The van der Waals surface area contributed by atoms with E-state index in [2.05, 4.69) is 4.98 Å². The molecule has 0 N–H and O–H groups in total. The molecule has 1 aromatic rings. The van der Waals surface area contributed by atoms with E-state index in [9.17, 15) is 10.1 Å². The highest BCUT2D eigenvalue weighted by molar-refractivity contribution is 5.55. The first-order chi connectivity index (χ1) is 7.69. The minimum Gasteiger partial charge on any atom is -0.476 e. The van der Waals surface area contributed by atoms with Gasteiger partial charge in [-0.25, -0.2) is 4.98 Å². The summed E-state index contributed by atoms with van der Waals surface area (Å²) in [5.74, 6) is -0.0255. The monoisotopic (exact) mass is 219 g/mol. The number of nitriles is 1. The Hall–Kier alpha value is -2.42. The summed E-state index contributed by atoms with van der Waals surface area (Å²) in [6, 6.07) is 3.28. The number of ether oxygens (including phenoxy) is 1. The van der Waals surface area contributed by atoms with Crippen molar-refractivity contribution in [1.82, 2.24) is 4.98 Å². The molecule has 0 aromatic carbocycles. The molecule has 82 valence electrons. The summed E-state index contributed by atoms with van der Waals surface area (Å²) < 4.78 is 4.76. The van der Waals surface area contributed by atoms with E-state index in [0.717, 1.165) is 0 Å². The Labute approximate surface area is 91.9 Å². The van der Waals surface area contributed by atoms with Gasteiger partial charge in [0.25, 0.3) is 5.88 Å². The van der Waals surface area contributed by atoms with Crippen LogP contribution in [0, 0.1) is 21.4 Å². The van der Waals surface area contributed by atoms with Gasteiger partial charge >= 0.3 is 5.69 Å². The molecular formula is C10H9N3O3. The SMILES string of the molecule is COc1ncc(C=CCC#N)cc1[N+](=O)[O-]. The van der Waals surface area contributed by atoms with Gasteiger partial charge in [-0.15, -0.1) is 0 Å². The topological polar surface area (TPSA) is 89.0 Å². The Morgan fingerprint density at radius 2 is 2.50 bits per heavy atom. The standard InChI is InChI=1S/C10H9N3O3/c1-16-10-9(13(14)15)6-8(7-12-10)4-2-3-5-11/h2,4,6-7H,3H2,1H3. The Morgan fingerprint density at radius 1 is 1.75 bits per heavy atom. The number of aromatic nitrogens is 1. The Morgan fingerprint density at radius 3 is 3.06 bits per heavy atom. The summed E-state index contributed by atoms with van der Waals surface area (Å²) in [5.41, 5.74) is 0.365. The van der Waals surface area contributed by atoms with E-state index in [4.69, 9.17) is 10.00 Å². The largest absolute Gasteiger partial charge is 0.476 e. The second-order valence-corrected chi connectivity index (χ2v) is 2.82. The molecule has 1 heterocycles. The van der Waals surface area contributed by atoms with Gasteiger partial charge in [0.2, 0.25) is 0 Å². The number of methoxy groups -OCH3 is 1. The second kappa shape index (κ2) is 5.46. The first kappa shape index (κ1) is 11.7. The molecule has 16 heavy (non-hydrogen) atoms. The normalized spacial score (nSPS) is 10.0. The van der Waals surface area contributed by atoms with Gasteiger partial charge in [0, 0.05) is 12.3 Å². The van der Waals surface area contributed by atoms with Crippen molar-refractivity contribution in [3.8, 4) is 11.9 Å². The fourth-order valence-corrected chi connectivity index (χ4v) is 1.08. The summed E-state index contributed by atoms with van der Waals surface area (Å²) in [4.78, 5) is 13.9. The van der Waals surface area contributed by atoms with Gasteiger partial charge < -0.3 is 4.74 Å². The molecule has 0 fully saturated rings. The zero-order valence-electron chi connectivity index (χ0n) is 8.58. The number of nitrogens with zero attached hydrogens (tertiary/aromatic N) is 3. The molecule has 0 aliphatic heterocycles. The van der Waals surface area contributed by atoms with Crippen molar-refractivity contribution in [2.75, 3.05) is 7.11 Å². The molecule has 1 rings (SSSR count). The van der Waals surface area contributed by atoms with Gasteiger partial charge in [-0.05, 0) is 5.56 Å². The summed E-state index contributed by atoms with van der Waals surface area (Å²) in [6.07, 6.45) is 4.90. The van der Waals surface area contributed by atoms with Crippen LogP contribution < -0.4 is 4.74 Å². The molecule has 0 bridgehead atoms. The lowest BCUT2D eigenvalue weighted by atomic mass is 10.2. The number of hydrogen-bond acceptors (Lipinski definition) is 5. The maximum atomic E-state index is 10.7. The molecule has 0 saturated heterocycles. The van der Waals surface area contributed by atoms with E-state index in [-0.39, 0.29) is 18.0 Å². The summed E-state index contributed by atoms with van der Waals surface area (Å²) in [7, 11) is 1.32. The Kier molecular flexibility index (Phi) is 3.98. The third-order valence-electron chi connectivity index (χ3n) is 1.76. The smallest absolute Gasteiger partial charge is 0.331 e. The summed E-state index contributed by atoms with van der Waals surface area (Å²) >= 11 is 0. The lowest BCUT2D eigenvalue weighted by Gasteiger charge is -2.00. The van der Waals surface area contributed by atoms with Gasteiger partial charge in [0.1, 0.15) is 0 Å². The molecule has 0 radical (unpaired) electrons. The second-order valence-electron chi connectivity index (χ2n) is 2.82. The zero-order chi connectivity index (χ0) is 12.0. The number of nitro groups is 1.